The van der Waals surface area contributed by atoms with Gasteiger partial charge < -0.3 is 10.1 Å². The Bertz CT molecular complexity index is 945. The number of carbonyl (C=O) groups is 1. The number of hydrogen-bond acceptors (Lipinski definition) is 6. The van der Waals surface area contributed by atoms with Crippen molar-refractivity contribution in [3.8, 4) is 0 Å². The summed E-state index contributed by atoms with van der Waals surface area (Å²) in [4.78, 5) is 23.1. The first-order chi connectivity index (χ1) is 13.5. The third-order valence-corrected chi connectivity index (χ3v) is 4.79. The highest BCUT2D eigenvalue weighted by molar-refractivity contribution is 5.85. The Hall–Kier alpha value is -3.10. The third kappa shape index (κ3) is 4.67. The highest BCUT2D eigenvalue weighted by atomic mass is 16.6. The fraction of sp³-hybridized carbons (Fsp3) is 0.500. The number of rotatable bonds is 4. The number of ether oxygens (including phenoxy) is 1. The van der Waals surface area contributed by atoms with Gasteiger partial charge in [-0.15, -0.1) is 0 Å². The van der Waals surface area contributed by atoms with Gasteiger partial charge in [0.15, 0.2) is 0 Å². The van der Waals surface area contributed by atoms with Gasteiger partial charge in [-0.05, 0) is 70.2 Å². The highest BCUT2D eigenvalue weighted by Crippen LogP contribution is 2.37. The van der Waals surface area contributed by atoms with E-state index in [0.29, 0.717) is 17.2 Å². The molecule has 1 amide bonds. The molecule has 0 fully saturated rings. The van der Waals surface area contributed by atoms with E-state index in [9.17, 15) is 14.9 Å². The van der Waals surface area contributed by atoms with Crippen LogP contribution in [-0.2, 0) is 18.2 Å². The van der Waals surface area contributed by atoms with E-state index in [1.54, 1.807) is 14.0 Å². The van der Waals surface area contributed by atoms with Crippen molar-refractivity contribution in [3.05, 3.63) is 45.1 Å². The molecule has 1 aromatic heterocycles. The van der Waals surface area contributed by atoms with Crippen molar-refractivity contribution in [2.24, 2.45) is 7.05 Å². The van der Waals surface area contributed by atoms with E-state index < -0.39 is 16.6 Å². The van der Waals surface area contributed by atoms with Crippen LogP contribution in [0.1, 0.15) is 56.5 Å². The molecule has 0 spiro atoms. The van der Waals surface area contributed by atoms with E-state index in [0.717, 1.165) is 30.4 Å². The molecule has 2 N–H and O–H groups in total. The zero-order valence-corrected chi connectivity index (χ0v) is 17.4. The molecule has 1 heterocycles. The minimum atomic E-state index is -0.566. The summed E-state index contributed by atoms with van der Waals surface area (Å²) in [6.07, 6.45) is 2.17. The summed E-state index contributed by atoms with van der Waals surface area (Å²) >= 11 is 0. The number of anilines is 2. The van der Waals surface area contributed by atoms with Crippen LogP contribution in [0.3, 0.4) is 0 Å². The lowest BCUT2D eigenvalue weighted by Crippen LogP contribution is -2.27. The van der Waals surface area contributed by atoms with Crippen LogP contribution in [-0.4, -0.2) is 26.4 Å². The Labute approximate surface area is 169 Å². The fourth-order valence-corrected chi connectivity index (χ4v) is 3.66. The quantitative estimate of drug-likeness (QED) is 0.577. The van der Waals surface area contributed by atoms with E-state index in [2.05, 4.69) is 15.7 Å². The molecule has 3 rings (SSSR count). The van der Waals surface area contributed by atoms with E-state index in [1.807, 2.05) is 39.0 Å². The molecule has 1 aliphatic rings. The van der Waals surface area contributed by atoms with Gasteiger partial charge >= 0.3 is 11.8 Å². The second-order valence-electron chi connectivity index (χ2n) is 8.29. The molecule has 9 nitrogen and oxygen atoms in total. The van der Waals surface area contributed by atoms with Crippen LogP contribution in [0.2, 0.25) is 0 Å². The van der Waals surface area contributed by atoms with Crippen LogP contribution >= 0.6 is 0 Å². The number of nitro groups is 1. The van der Waals surface area contributed by atoms with Gasteiger partial charge in [-0.1, -0.05) is 6.07 Å². The molecule has 2 aromatic rings. The standard InChI is InChI=1S/C20H27N5O4/c1-12-17(25(27)28)18(24(5)23-12)22-16-8-6-7-13-11-14(9-10-15(13)16)21-19(26)29-20(2,3)4/h9-11,16,22H,6-8H2,1-5H3,(H,21,26). The molecule has 29 heavy (non-hydrogen) atoms. The second kappa shape index (κ2) is 7.73. The second-order valence-corrected chi connectivity index (χ2v) is 8.29. The zero-order valence-electron chi connectivity index (χ0n) is 17.4. The van der Waals surface area contributed by atoms with Gasteiger partial charge in [-0.25, -0.2) is 9.48 Å². The van der Waals surface area contributed by atoms with Crippen molar-refractivity contribution in [1.29, 1.82) is 0 Å². The van der Waals surface area contributed by atoms with Crippen molar-refractivity contribution < 1.29 is 14.5 Å². The van der Waals surface area contributed by atoms with Crippen molar-refractivity contribution in [1.82, 2.24) is 9.78 Å². The van der Waals surface area contributed by atoms with E-state index in [1.165, 1.54) is 4.68 Å². The van der Waals surface area contributed by atoms with E-state index >= 15 is 0 Å². The molecule has 1 unspecified atom stereocenters. The van der Waals surface area contributed by atoms with Crippen LogP contribution in [0.25, 0.3) is 0 Å². The average molecular weight is 401 g/mol. The van der Waals surface area contributed by atoms with Crippen LogP contribution < -0.4 is 10.6 Å². The van der Waals surface area contributed by atoms with Gasteiger partial charge in [0, 0.05) is 12.7 Å². The third-order valence-electron chi connectivity index (χ3n) is 4.79. The minimum absolute atomic E-state index is 0.00263. The molecule has 0 saturated heterocycles. The number of nitrogens with zero attached hydrogens (tertiary/aromatic N) is 3. The van der Waals surface area contributed by atoms with Crippen molar-refractivity contribution in [3.63, 3.8) is 0 Å². The maximum Gasteiger partial charge on any atom is 0.412 e. The van der Waals surface area contributed by atoms with Crippen LogP contribution in [0.4, 0.5) is 22.0 Å². The molecule has 1 aliphatic carbocycles. The predicted octanol–water partition coefficient (Wildman–Crippen LogP) is 4.47. The lowest BCUT2D eigenvalue weighted by molar-refractivity contribution is -0.384. The number of benzene rings is 1. The molecular formula is C20H27N5O4. The highest BCUT2D eigenvalue weighted by Gasteiger charge is 2.28. The molecule has 9 heteroatoms. The first-order valence-electron chi connectivity index (χ1n) is 9.62. The number of fused-ring (bicyclic) bond motifs is 1. The predicted molar refractivity (Wildman–Crippen MR) is 110 cm³/mol. The average Bonchev–Trinajstić information content (AvgIpc) is 2.86. The summed E-state index contributed by atoms with van der Waals surface area (Å²) in [6.45, 7) is 7.08. The molecule has 0 saturated carbocycles. The van der Waals surface area contributed by atoms with Crippen LogP contribution in [0, 0.1) is 17.0 Å². The number of aromatic nitrogens is 2. The van der Waals surface area contributed by atoms with Gasteiger partial charge in [0.1, 0.15) is 11.3 Å². The molecule has 1 atom stereocenters. The molecule has 0 bridgehead atoms. The van der Waals surface area contributed by atoms with Crippen LogP contribution in [0.5, 0.6) is 0 Å². The van der Waals surface area contributed by atoms with Crippen molar-refractivity contribution >= 4 is 23.3 Å². The number of amides is 1. The Morgan fingerprint density at radius 2 is 2.10 bits per heavy atom. The van der Waals surface area contributed by atoms with Gasteiger partial charge in [0.2, 0.25) is 5.82 Å². The zero-order chi connectivity index (χ0) is 21.3. The molecule has 1 aromatic carbocycles. The summed E-state index contributed by atoms with van der Waals surface area (Å²) in [7, 11) is 1.69. The van der Waals surface area contributed by atoms with E-state index in [4.69, 9.17) is 4.74 Å². The molecule has 0 radical (unpaired) electrons. The lowest BCUT2D eigenvalue weighted by Gasteiger charge is -2.27. The van der Waals surface area contributed by atoms with Crippen molar-refractivity contribution in [2.45, 2.75) is 58.6 Å². The minimum Gasteiger partial charge on any atom is -0.444 e. The lowest BCUT2D eigenvalue weighted by atomic mass is 9.87. The van der Waals surface area contributed by atoms with Gasteiger partial charge in [-0.3, -0.25) is 15.4 Å². The monoisotopic (exact) mass is 401 g/mol. The largest absolute Gasteiger partial charge is 0.444 e. The van der Waals surface area contributed by atoms with Crippen molar-refractivity contribution in [2.75, 3.05) is 10.6 Å². The number of hydrogen-bond donors (Lipinski definition) is 2. The molecular weight excluding hydrogens is 374 g/mol. The summed E-state index contributed by atoms with van der Waals surface area (Å²) in [5.41, 5.74) is 2.66. The van der Waals surface area contributed by atoms with E-state index in [-0.39, 0.29) is 11.7 Å². The molecule has 156 valence electrons. The number of aryl methyl sites for hydroxylation is 3. The first-order valence-corrected chi connectivity index (χ1v) is 9.62. The number of carbonyl (C=O) groups excluding carboxylic acids is 1. The fourth-order valence-electron chi connectivity index (χ4n) is 3.66. The number of nitrogens with one attached hydrogen (secondary N) is 2. The maximum atomic E-state index is 12.0. The summed E-state index contributed by atoms with van der Waals surface area (Å²) in [5, 5.41) is 21.7. The van der Waals surface area contributed by atoms with Gasteiger partial charge in [0.25, 0.3) is 0 Å². The Kier molecular flexibility index (Phi) is 5.50. The Morgan fingerprint density at radius 1 is 1.38 bits per heavy atom. The summed E-state index contributed by atoms with van der Waals surface area (Å²) in [6, 6.07) is 5.65. The maximum absolute atomic E-state index is 12.0. The summed E-state index contributed by atoms with van der Waals surface area (Å²) in [5.74, 6) is 0.404. The smallest absolute Gasteiger partial charge is 0.412 e. The molecule has 0 aliphatic heterocycles. The first kappa shape index (κ1) is 20.6. The Balaban J connectivity index is 1.82. The normalized spacial score (nSPS) is 16.1. The summed E-state index contributed by atoms with van der Waals surface area (Å²) < 4.78 is 6.82. The SMILES string of the molecule is Cc1nn(C)c(NC2CCCc3cc(NC(=O)OC(C)(C)C)ccc32)c1[N+](=O)[O-]. The van der Waals surface area contributed by atoms with Gasteiger partial charge in [0.05, 0.1) is 11.0 Å². The van der Waals surface area contributed by atoms with Gasteiger partial charge in [-0.2, -0.15) is 5.10 Å². The Morgan fingerprint density at radius 3 is 2.76 bits per heavy atom. The topological polar surface area (TPSA) is 111 Å². The van der Waals surface area contributed by atoms with Crippen LogP contribution in [0.15, 0.2) is 18.2 Å².